The van der Waals surface area contributed by atoms with Gasteiger partial charge in [-0.15, -0.1) is 0 Å². The summed E-state index contributed by atoms with van der Waals surface area (Å²) in [6, 6.07) is 9.34. The third-order valence-electron chi connectivity index (χ3n) is 5.93. The van der Waals surface area contributed by atoms with Crippen LogP contribution in [0.15, 0.2) is 24.3 Å². The summed E-state index contributed by atoms with van der Waals surface area (Å²) in [6.07, 6.45) is 6.91. The lowest BCUT2D eigenvalue weighted by Crippen LogP contribution is -2.32. The van der Waals surface area contributed by atoms with Gasteiger partial charge in [-0.2, -0.15) is 0 Å². The summed E-state index contributed by atoms with van der Waals surface area (Å²) in [5.74, 6) is 4.85. The van der Waals surface area contributed by atoms with Gasteiger partial charge in [0.15, 0.2) is 0 Å². The second-order valence-electron chi connectivity index (χ2n) is 6.84. The lowest BCUT2D eigenvalue weighted by Gasteiger charge is -2.29. The highest BCUT2D eigenvalue weighted by molar-refractivity contribution is 5.38. The summed E-state index contributed by atoms with van der Waals surface area (Å²) >= 11 is 0. The van der Waals surface area contributed by atoms with Crippen molar-refractivity contribution in [2.45, 2.75) is 44.1 Å². The van der Waals surface area contributed by atoms with E-state index < -0.39 is 0 Å². The van der Waals surface area contributed by atoms with Gasteiger partial charge in [-0.05, 0) is 68.0 Å². The van der Waals surface area contributed by atoms with Gasteiger partial charge in [0.25, 0.3) is 0 Å². The average molecular weight is 271 g/mol. The zero-order chi connectivity index (χ0) is 13.5. The summed E-state index contributed by atoms with van der Waals surface area (Å²) < 4.78 is 5.80. The van der Waals surface area contributed by atoms with Crippen molar-refractivity contribution >= 4 is 0 Å². The third-order valence-corrected chi connectivity index (χ3v) is 5.93. The number of rotatable bonds is 4. The Hall–Kier alpha value is -1.02. The van der Waals surface area contributed by atoms with Gasteiger partial charge in [0.1, 0.15) is 5.75 Å². The first-order valence-corrected chi connectivity index (χ1v) is 8.27. The molecular weight excluding hydrogens is 246 g/mol. The molecule has 2 fully saturated rings. The standard InChI is InChI=1S/C18H25NO/c1-19-16(18-14-6-4-7-15(14)18)11-12-9-10-20-17-8-3-2-5-13(12)17/h2-3,5,8,12,14-16,18-19H,4,6-7,9-11H2,1H3. The Kier molecular flexibility index (Phi) is 3.22. The number of benzene rings is 1. The third kappa shape index (κ3) is 2.05. The molecule has 4 atom stereocenters. The monoisotopic (exact) mass is 271 g/mol. The first-order chi connectivity index (χ1) is 9.88. The molecule has 4 rings (SSSR count). The maximum Gasteiger partial charge on any atom is 0.122 e. The summed E-state index contributed by atoms with van der Waals surface area (Å²) in [6.45, 7) is 0.885. The smallest absolute Gasteiger partial charge is 0.122 e. The van der Waals surface area contributed by atoms with Gasteiger partial charge in [-0.25, -0.2) is 0 Å². The molecule has 1 N–H and O–H groups in total. The molecule has 1 heterocycles. The minimum Gasteiger partial charge on any atom is -0.493 e. The SMILES string of the molecule is CNC(CC1CCOc2ccccc21)C1C2CCCC21. The predicted octanol–water partition coefficient (Wildman–Crippen LogP) is 3.58. The highest BCUT2D eigenvalue weighted by atomic mass is 16.5. The van der Waals surface area contributed by atoms with Crippen LogP contribution < -0.4 is 10.1 Å². The Bertz CT molecular complexity index is 476. The topological polar surface area (TPSA) is 21.3 Å². The average Bonchev–Trinajstić information content (AvgIpc) is 2.96. The van der Waals surface area contributed by atoms with Gasteiger partial charge in [-0.1, -0.05) is 24.6 Å². The van der Waals surface area contributed by atoms with E-state index in [0.29, 0.717) is 12.0 Å². The molecule has 0 saturated heterocycles. The second-order valence-corrected chi connectivity index (χ2v) is 6.84. The molecule has 0 aromatic heterocycles. The van der Waals surface area contributed by atoms with Gasteiger partial charge in [-0.3, -0.25) is 0 Å². The van der Waals surface area contributed by atoms with Crippen LogP contribution in [-0.2, 0) is 0 Å². The molecule has 2 saturated carbocycles. The fourth-order valence-electron chi connectivity index (χ4n) is 4.91. The quantitative estimate of drug-likeness (QED) is 0.904. The summed E-state index contributed by atoms with van der Waals surface area (Å²) in [5.41, 5.74) is 1.44. The molecule has 1 aliphatic heterocycles. The van der Waals surface area contributed by atoms with Crippen molar-refractivity contribution < 1.29 is 4.74 Å². The van der Waals surface area contributed by atoms with E-state index in [1.807, 2.05) is 0 Å². The van der Waals surface area contributed by atoms with Crippen LogP contribution in [0.5, 0.6) is 5.75 Å². The fraction of sp³-hybridized carbons (Fsp3) is 0.667. The van der Waals surface area contributed by atoms with Gasteiger partial charge in [0.2, 0.25) is 0 Å². The Morgan fingerprint density at radius 2 is 2.00 bits per heavy atom. The molecule has 0 spiro atoms. The van der Waals surface area contributed by atoms with E-state index in [1.54, 1.807) is 0 Å². The van der Waals surface area contributed by atoms with E-state index in [2.05, 4.69) is 36.6 Å². The molecule has 2 heteroatoms. The lowest BCUT2D eigenvalue weighted by atomic mass is 9.85. The number of para-hydroxylation sites is 1. The van der Waals surface area contributed by atoms with Crippen LogP contribution in [0.25, 0.3) is 0 Å². The van der Waals surface area contributed by atoms with Crippen molar-refractivity contribution in [2.75, 3.05) is 13.7 Å². The molecule has 20 heavy (non-hydrogen) atoms. The predicted molar refractivity (Wildman–Crippen MR) is 81.1 cm³/mol. The van der Waals surface area contributed by atoms with Crippen molar-refractivity contribution in [1.82, 2.24) is 5.32 Å². The maximum atomic E-state index is 5.80. The molecule has 2 nitrogen and oxygen atoms in total. The molecule has 0 amide bonds. The maximum absolute atomic E-state index is 5.80. The zero-order valence-corrected chi connectivity index (χ0v) is 12.3. The molecule has 108 valence electrons. The van der Waals surface area contributed by atoms with Crippen LogP contribution in [0.3, 0.4) is 0 Å². The van der Waals surface area contributed by atoms with Crippen LogP contribution in [0.1, 0.15) is 43.6 Å². The van der Waals surface area contributed by atoms with E-state index in [4.69, 9.17) is 4.74 Å². The van der Waals surface area contributed by atoms with Crippen molar-refractivity contribution in [2.24, 2.45) is 17.8 Å². The van der Waals surface area contributed by atoms with Gasteiger partial charge in [0, 0.05) is 6.04 Å². The van der Waals surface area contributed by atoms with Crippen molar-refractivity contribution in [1.29, 1.82) is 0 Å². The second kappa shape index (κ2) is 5.07. The van der Waals surface area contributed by atoms with Crippen LogP contribution in [-0.4, -0.2) is 19.7 Å². The number of fused-ring (bicyclic) bond motifs is 2. The minimum absolute atomic E-state index is 0.679. The molecule has 1 aromatic carbocycles. The van der Waals surface area contributed by atoms with Crippen LogP contribution >= 0.6 is 0 Å². The van der Waals surface area contributed by atoms with Crippen LogP contribution in [0, 0.1) is 17.8 Å². The van der Waals surface area contributed by atoms with Crippen molar-refractivity contribution in [3.8, 4) is 5.75 Å². The molecular formula is C18H25NO. The van der Waals surface area contributed by atoms with Crippen LogP contribution in [0.4, 0.5) is 0 Å². The fourth-order valence-corrected chi connectivity index (χ4v) is 4.91. The van der Waals surface area contributed by atoms with Gasteiger partial charge >= 0.3 is 0 Å². The van der Waals surface area contributed by atoms with Gasteiger partial charge < -0.3 is 10.1 Å². The van der Waals surface area contributed by atoms with E-state index in [9.17, 15) is 0 Å². The summed E-state index contributed by atoms with van der Waals surface area (Å²) in [7, 11) is 2.16. The van der Waals surface area contributed by atoms with E-state index >= 15 is 0 Å². The van der Waals surface area contributed by atoms with Crippen molar-refractivity contribution in [3.05, 3.63) is 29.8 Å². The Labute approximate surface area is 121 Å². The lowest BCUT2D eigenvalue weighted by molar-refractivity contribution is 0.250. The van der Waals surface area contributed by atoms with Gasteiger partial charge in [0.05, 0.1) is 6.61 Å². The Morgan fingerprint density at radius 3 is 2.80 bits per heavy atom. The molecule has 0 radical (unpaired) electrons. The number of ether oxygens (including phenoxy) is 1. The summed E-state index contributed by atoms with van der Waals surface area (Å²) in [5, 5.41) is 3.63. The normalized spacial score (nSPS) is 35.9. The molecule has 4 unspecified atom stereocenters. The molecule has 1 aromatic rings. The largest absolute Gasteiger partial charge is 0.493 e. The van der Waals surface area contributed by atoms with Crippen LogP contribution in [0.2, 0.25) is 0 Å². The van der Waals surface area contributed by atoms with Crippen molar-refractivity contribution in [3.63, 3.8) is 0 Å². The molecule has 2 aliphatic carbocycles. The Balaban J connectivity index is 1.48. The van der Waals surface area contributed by atoms with E-state index in [0.717, 1.165) is 30.1 Å². The Morgan fingerprint density at radius 1 is 1.20 bits per heavy atom. The minimum atomic E-state index is 0.679. The van der Waals surface area contributed by atoms with E-state index in [1.165, 1.54) is 37.7 Å². The summed E-state index contributed by atoms with van der Waals surface area (Å²) in [4.78, 5) is 0. The number of hydrogen-bond acceptors (Lipinski definition) is 2. The highest BCUT2D eigenvalue weighted by Gasteiger charge is 2.55. The first-order valence-electron chi connectivity index (χ1n) is 8.27. The zero-order valence-electron chi connectivity index (χ0n) is 12.3. The van der Waals surface area contributed by atoms with E-state index in [-0.39, 0.29) is 0 Å². The highest BCUT2D eigenvalue weighted by Crippen LogP contribution is 2.60. The number of hydrogen-bond donors (Lipinski definition) is 1. The number of nitrogens with one attached hydrogen (secondary N) is 1. The first kappa shape index (κ1) is 12.7. The molecule has 3 aliphatic rings. The molecule has 0 bridgehead atoms.